The molecule has 0 radical (unpaired) electrons. The van der Waals surface area contributed by atoms with E-state index in [9.17, 15) is 4.79 Å². The molecular weight excluding hydrogens is 322 g/mol. The van der Waals surface area contributed by atoms with Gasteiger partial charge in [-0.15, -0.1) is 18.3 Å². The summed E-state index contributed by atoms with van der Waals surface area (Å²) in [5, 5.41) is 9.33. The second kappa shape index (κ2) is 19.9. The largest absolute Gasteiger partial charge is 0.411 e. The predicted octanol–water partition coefficient (Wildman–Crippen LogP) is 7.45. The number of nitrogens with zero attached hydrogens (tertiary/aromatic N) is 1. The fraction of sp³-hybridized carbons (Fsp3) is 0.739. The van der Waals surface area contributed by atoms with Gasteiger partial charge in [-0.3, -0.25) is 4.79 Å². The van der Waals surface area contributed by atoms with E-state index in [0.29, 0.717) is 5.78 Å². The van der Waals surface area contributed by atoms with Crippen molar-refractivity contribution in [2.45, 2.75) is 93.4 Å². The van der Waals surface area contributed by atoms with E-state index in [-0.39, 0.29) is 5.92 Å². The fourth-order valence-electron chi connectivity index (χ4n) is 3.60. The van der Waals surface area contributed by atoms with Gasteiger partial charge in [-0.25, -0.2) is 0 Å². The zero-order chi connectivity index (χ0) is 21.1. The lowest BCUT2D eigenvalue weighted by atomic mass is 9.74. The summed E-state index contributed by atoms with van der Waals surface area (Å²) in [6, 6.07) is 0. The highest BCUT2D eigenvalue weighted by Gasteiger charge is 2.31. The first kappa shape index (κ1) is 29.4. The number of allylic oxidation sites excluding steroid dienone is 2. The van der Waals surface area contributed by atoms with Crippen LogP contribution in [-0.2, 0) is 4.79 Å². The van der Waals surface area contributed by atoms with E-state index in [1.165, 1.54) is 38.5 Å². The van der Waals surface area contributed by atoms with E-state index in [4.69, 9.17) is 5.21 Å². The quantitative estimate of drug-likeness (QED) is 0.243. The maximum absolute atomic E-state index is 11.3. The van der Waals surface area contributed by atoms with Crippen molar-refractivity contribution in [3.63, 3.8) is 0 Å². The Balaban J connectivity index is -0.000000509. The van der Waals surface area contributed by atoms with Crippen molar-refractivity contribution in [3.05, 3.63) is 24.3 Å². The van der Waals surface area contributed by atoms with Crippen LogP contribution >= 0.6 is 0 Å². The Morgan fingerprint density at radius 3 is 2.15 bits per heavy atom. The molecule has 0 bridgehead atoms. The molecule has 154 valence electrons. The lowest BCUT2D eigenvalue weighted by Gasteiger charge is -2.32. The molecule has 3 unspecified atom stereocenters. The van der Waals surface area contributed by atoms with Crippen LogP contribution in [0.25, 0.3) is 0 Å². The van der Waals surface area contributed by atoms with Crippen molar-refractivity contribution in [2.24, 2.45) is 22.9 Å². The topological polar surface area (TPSA) is 49.7 Å². The third kappa shape index (κ3) is 11.3. The minimum Gasteiger partial charge on any atom is -0.411 e. The summed E-state index contributed by atoms with van der Waals surface area (Å²) < 4.78 is 0. The van der Waals surface area contributed by atoms with Gasteiger partial charge in [-0.1, -0.05) is 52.7 Å². The maximum atomic E-state index is 11.3. The Hall–Kier alpha value is -1.38. The molecule has 26 heavy (non-hydrogen) atoms. The van der Waals surface area contributed by atoms with Gasteiger partial charge < -0.3 is 5.21 Å². The molecule has 0 saturated carbocycles. The van der Waals surface area contributed by atoms with Gasteiger partial charge in [0.1, 0.15) is 5.78 Å². The SMILES string of the molecule is C=C.C=NO.CC.CC.CC(=O)C(C)CCC1C2=C(CCC2)CCC1C. The van der Waals surface area contributed by atoms with Crippen molar-refractivity contribution in [1.29, 1.82) is 0 Å². The van der Waals surface area contributed by atoms with Crippen molar-refractivity contribution in [3.8, 4) is 0 Å². The number of rotatable bonds is 4. The monoisotopic (exact) mass is 367 g/mol. The third-order valence-corrected chi connectivity index (χ3v) is 5.02. The van der Waals surface area contributed by atoms with Gasteiger partial charge in [0.15, 0.2) is 0 Å². The first-order chi connectivity index (χ1) is 12.5. The number of Topliss-reactive ketones (excluding diaryl/α,β-unsaturated/α-hetero) is 1. The van der Waals surface area contributed by atoms with Crippen molar-refractivity contribution in [2.75, 3.05) is 0 Å². The molecule has 3 nitrogen and oxygen atoms in total. The van der Waals surface area contributed by atoms with Crippen LogP contribution in [0.15, 0.2) is 29.5 Å². The zero-order valence-corrected chi connectivity index (χ0v) is 18.6. The summed E-state index contributed by atoms with van der Waals surface area (Å²) in [5.41, 5.74) is 3.57. The molecule has 3 heteroatoms. The predicted molar refractivity (Wildman–Crippen MR) is 117 cm³/mol. The van der Waals surface area contributed by atoms with E-state index in [1.807, 2.05) is 27.7 Å². The molecular formula is C23H45NO2. The second-order valence-electron chi connectivity index (χ2n) is 6.34. The molecule has 0 amide bonds. The molecule has 0 saturated heterocycles. The lowest BCUT2D eigenvalue weighted by molar-refractivity contribution is -0.120. The zero-order valence-electron chi connectivity index (χ0n) is 18.6. The molecule has 0 aromatic heterocycles. The van der Waals surface area contributed by atoms with Gasteiger partial charge in [0.25, 0.3) is 0 Å². The average Bonchev–Trinajstić information content (AvgIpc) is 3.15. The van der Waals surface area contributed by atoms with E-state index < -0.39 is 0 Å². The first-order valence-corrected chi connectivity index (χ1v) is 10.3. The van der Waals surface area contributed by atoms with E-state index in [0.717, 1.165) is 18.3 Å². The van der Waals surface area contributed by atoms with Crippen LogP contribution in [0.5, 0.6) is 0 Å². The number of ketones is 1. The molecule has 2 aliphatic carbocycles. The Kier molecular flexibility index (Phi) is 22.5. The van der Waals surface area contributed by atoms with E-state index in [1.54, 1.807) is 18.1 Å². The van der Waals surface area contributed by atoms with Crippen LogP contribution in [0.1, 0.15) is 93.4 Å². The van der Waals surface area contributed by atoms with Crippen LogP contribution in [0, 0.1) is 17.8 Å². The summed E-state index contributed by atoms with van der Waals surface area (Å²) in [7, 11) is 0. The molecule has 0 spiro atoms. The Bertz CT molecular complexity index is 388. The minimum absolute atomic E-state index is 0.259. The van der Waals surface area contributed by atoms with Crippen LogP contribution < -0.4 is 0 Å². The van der Waals surface area contributed by atoms with Crippen molar-refractivity contribution >= 4 is 12.5 Å². The molecule has 3 atom stereocenters. The fourth-order valence-corrected chi connectivity index (χ4v) is 3.60. The second-order valence-corrected chi connectivity index (χ2v) is 6.34. The number of oxime groups is 1. The summed E-state index contributed by atoms with van der Waals surface area (Å²) in [5.74, 6) is 2.25. The first-order valence-electron chi connectivity index (χ1n) is 10.3. The Morgan fingerprint density at radius 1 is 1.19 bits per heavy atom. The molecule has 2 aliphatic rings. The highest BCUT2D eigenvalue weighted by molar-refractivity contribution is 5.77. The van der Waals surface area contributed by atoms with Gasteiger partial charge in [-0.2, -0.15) is 0 Å². The van der Waals surface area contributed by atoms with Crippen LogP contribution in [0.2, 0.25) is 0 Å². The number of hydrogen-bond acceptors (Lipinski definition) is 3. The summed E-state index contributed by atoms with van der Waals surface area (Å²) in [4.78, 5) is 11.3. The van der Waals surface area contributed by atoms with Gasteiger partial charge in [0.05, 0.1) is 0 Å². The molecule has 0 fully saturated rings. The third-order valence-electron chi connectivity index (χ3n) is 5.02. The van der Waals surface area contributed by atoms with Crippen LogP contribution in [-0.4, -0.2) is 17.7 Å². The van der Waals surface area contributed by atoms with Gasteiger partial charge >= 0.3 is 0 Å². The van der Waals surface area contributed by atoms with E-state index in [2.05, 4.69) is 38.9 Å². The summed E-state index contributed by atoms with van der Waals surface area (Å²) >= 11 is 0. The molecule has 1 N–H and O–H groups in total. The Morgan fingerprint density at radius 2 is 1.69 bits per heavy atom. The normalized spacial score (nSPS) is 20.9. The highest BCUT2D eigenvalue weighted by Crippen LogP contribution is 2.45. The Labute approximate surface area is 163 Å². The van der Waals surface area contributed by atoms with Crippen molar-refractivity contribution < 1.29 is 10.0 Å². The maximum Gasteiger partial charge on any atom is 0.132 e. The molecule has 0 aromatic carbocycles. The number of carbonyl (C=O) groups is 1. The molecule has 0 heterocycles. The smallest absolute Gasteiger partial charge is 0.132 e. The van der Waals surface area contributed by atoms with E-state index >= 15 is 0 Å². The summed E-state index contributed by atoms with van der Waals surface area (Å²) in [6.45, 7) is 22.9. The molecule has 0 aliphatic heterocycles. The standard InChI is InChI=1S/C16H26O.2C2H6.C2H4.CH3NO/c1-11(13(3)17)8-10-15-12(2)7-9-14-5-4-6-16(14)15;3*1-2;1-2-3/h11-12,15H,4-10H2,1-3H3;2*1-2H3;1-2H2;3H,1H2. The average molecular weight is 368 g/mol. The number of carbonyl (C=O) groups excluding carboxylic acids is 1. The van der Waals surface area contributed by atoms with Crippen molar-refractivity contribution in [1.82, 2.24) is 0 Å². The van der Waals surface area contributed by atoms with Gasteiger partial charge in [0.2, 0.25) is 0 Å². The minimum atomic E-state index is 0.259. The number of hydrogen-bond donors (Lipinski definition) is 1. The van der Waals surface area contributed by atoms with Gasteiger partial charge in [-0.05, 0) is 63.7 Å². The summed E-state index contributed by atoms with van der Waals surface area (Å²) in [6.07, 6.45) is 9.14. The van der Waals surface area contributed by atoms with Crippen LogP contribution in [0.4, 0.5) is 0 Å². The van der Waals surface area contributed by atoms with Crippen LogP contribution in [0.3, 0.4) is 0 Å². The molecule has 2 rings (SSSR count). The lowest BCUT2D eigenvalue weighted by Crippen LogP contribution is -2.20. The molecule has 0 aromatic rings. The van der Waals surface area contributed by atoms with Gasteiger partial charge in [0, 0.05) is 12.6 Å². The highest BCUT2D eigenvalue weighted by atomic mass is 16.4.